The number of carboxylic acid groups (broad SMARTS) is 1. The maximum absolute atomic E-state index is 12.1. The van der Waals surface area contributed by atoms with E-state index >= 15 is 0 Å². The van der Waals surface area contributed by atoms with Crippen molar-refractivity contribution >= 4 is 11.9 Å². The van der Waals surface area contributed by atoms with E-state index in [9.17, 15) is 14.7 Å². The molecule has 18 heavy (non-hydrogen) atoms. The van der Waals surface area contributed by atoms with Crippen LogP contribution < -0.4 is 0 Å². The minimum absolute atomic E-state index is 0.0649. The minimum atomic E-state index is -0.933. The van der Waals surface area contributed by atoms with Gasteiger partial charge in [0, 0.05) is 13.1 Å². The molecule has 0 bridgehead atoms. The summed E-state index contributed by atoms with van der Waals surface area (Å²) in [6.07, 6.45) is 4.71. The van der Waals surface area contributed by atoms with Crippen LogP contribution in [-0.2, 0) is 9.59 Å². The van der Waals surface area contributed by atoms with Gasteiger partial charge in [-0.15, -0.1) is 0 Å². The maximum atomic E-state index is 12.1. The van der Waals surface area contributed by atoms with Crippen molar-refractivity contribution < 1.29 is 19.8 Å². The fourth-order valence-electron chi connectivity index (χ4n) is 3.00. The summed E-state index contributed by atoms with van der Waals surface area (Å²) in [4.78, 5) is 24.4. The van der Waals surface area contributed by atoms with Crippen molar-refractivity contribution in [1.82, 2.24) is 4.90 Å². The lowest BCUT2D eigenvalue weighted by molar-refractivity contribution is -0.144. The van der Waals surface area contributed by atoms with Crippen LogP contribution in [0.15, 0.2) is 0 Å². The number of amides is 1. The Morgan fingerprint density at radius 1 is 1.11 bits per heavy atom. The number of carbonyl (C=O) groups excluding carboxylic acids is 1. The summed E-state index contributed by atoms with van der Waals surface area (Å²) in [5.74, 6) is -1.52. The Bertz CT molecular complexity index is 325. The summed E-state index contributed by atoms with van der Waals surface area (Å²) in [6, 6.07) is 0. The number of aliphatic hydroxyl groups is 1. The third kappa shape index (κ3) is 2.83. The fraction of sp³-hybridized carbons (Fsp3) is 0.846. The Kier molecular flexibility index (Phi) is 4.22. The number of carboxylic acids is 1. The van der Waals surface area contributed by atoms with Gasteiger partial charge in [0.05, 0.1) is 5.92 Å². The highest BCUT2D eigenvalue weighted by atomic mass is 16.4. The molecular weight excluding hydrogens is 234 g/mol. The molecule has 1 aliphatic heterocycles. The highest BCUT2D eigenvalue weighted by Crippen LogP contribution is 2.28. The van der Waals surface area contributed by atoms with Gasteiger partial charge in [-0.1, -0.05) is 19.3 Å². The van der Waals surface area contributed by atoms with Crippen LogP contribution in [0.4, 0.5) is 0 Å². The molecule has 5 nitrogen and oxygen atoms in total. The molecule has 2 unspecified atom stereocenters. The molecule has 1 saturated heterocycles. The van der Waals surface area contributed by atoms with Gasteiger partial charge >= 0.3 is 5.97 Å². The Labute approximate surface area is 107 Å². The first kappa shape index (κ1) is 13.3. The third-order valence-electron chi connectivity index (χ3n) is 4.20. The minimum Gasteiger partial charge on any atom is -0.481 e. The molecule has 0 radical (unpaired) electrons. The number of aliphatic carboxylic acids is 1. The average Bonchev–Trinajstić information content (AvgIpc) is 2.88. The number of aliphatic hydroxyl groups excluding tert-OH is 1. The highest BCUT2D eigenvalue weighted by Gasteiger charge is 2.36. The highest BCUT2D eigenvalue weighted by molar-refractivity contribution is 5.82. The first-order valence-corrected chi connectivity index (χ1v) is 6.79. The number of hydrogen-bond donors (Lipinski definition) is 2. The van der Waals surface area contributed by atoms with E-state index in [0.29, 0.717) is 13.0 Å². The van der Waals surface area contributed by atoms with Gasteiger partial charge < -0.3 is 15.1 Å². The second-order valence-corrected chi connectivity index (χ2v) is 5.45. The molecule has 5 heteroatoms. The molecule has 2 rings (SSSR count). The molecule has 102 valence electrons. The van der Waals surface area contributed by atoms with Crippen LogP contribution in [0.2, 0.25) is 0 Å². The van der Waals surface area contributed by atoms with Gasteiger partial charge in [-0.05, 0) is 25.2 Å². The Balaban J connectivity index is 1.89. The Morgan fingerprint density at radius 3 is 2.33 bits per heavy atom. The maximum Gasteiger partial charge on any atom is 0.308 e. The van der Waals surface area contributed by atoms with E-state index in [-0.39, 0.29) is 18.4 Å². The van der Waals surface area contributed by atoms with Gasteiger partial charge in [0.15, 0.2) is 0 Å². The van der Waals surface area contributed by atoms with E-state index < -0.39 is 18.0 Å². The standard InChI is InChI=1S/C13H21NO4/c15-11(9-4-2-1-3-5-9)12(16)14-7-6-10(8-14)13(17)18/h9-11,15H,1-8H2,(H,17,18). The average molecular weight is 255 g/mol. The van der Waals surface area contributed by atoms with Crippen LogP contribution in [0.5, 0.6) is 0 Å². The first-order chi connectivity index (χ1) is 8.59. The molecule has 0 aromatic rings. The predicted octanol–water partition coefficient (Wildman–Crippen LogP) is 0.861. The lowest BCUT2D eigenvalue weighted by Crippen LogP contribution is -2.42. The topological polar surface area (TPSA) is 77.8 Å². The normalized spacial score (nSPS) is 27.2. The van der Waals surface area contributed by atoms with Crippen LogP contribution >= 0.6 is 0 Å². The molecule has 1 saturated carbocycles. The summed E-state index contributed by atoms with van der Waals surface area (Å²) in [5.41, 5.74) is 0. The molecule has 2 fully saturated rings. The Hall–Kier alpha value is -1.10. The SMILES string of the molecule is O=C(O)C1CCN(C(=O)C(O)C2CCCCC2)C1. The zero-order valence-corrected chi connectivity index (χ0v) is 10.5. The Morgan fingerprint density at radius 2 is 1.78 bits per heavy atom. The van der Waals surface area contributed by atoms with E-state index in [4.69, 9.17) is 5.11 Å². The van der Waals surface area contributed by atoms with Crippen molar-refractivity contribution in [3.05, 3.63) is 0 Å². The van der Waals surface area contributed by atoms with Crippen molar-refractivity contribution in [2.45, 2.75) is 44.6 Å². The van der Waals surface area contributed by atoms with Gasteiger partial charge in [0.25, 0.3) is 5.91 Å². The fourth-order valence-corrected chi connectivity index (χ4v) is 3.00. The van der Waals surface area contributed by atoms with E-state index in [1.54, 1.807) is 0 Å². The van der Waals surface area contributed by atoms with Crippen LogP contribution in [0, 0.1) is 11.8 Å². The number of nitrogens with zero attached hydrogens (tertiary/aromatic N) is 1. The number of carbonyl (C=O) groups is 2. The second-order valence-electron chi connectivity index (χ2n) is 5.45. The lowest BCUT2D eigenvalue weighted by Gasteiger charge is -2.28. The largest absolute Gasteiger partial charge is 0.481 e. The summed E-state index contributed by atoms with van der Waals surface area (Å²) >= 11 is 0. The zero-order valence-electron chi connectivity index (χ0n) is 10.5. The van der Waals surface area contributed by atoms with E-state index in [0.717, 1.165) is 25.7 Å². The molecule has 2 N–H and O–H groups in total. The van der Waals surface area contributed by atoms with E-state index in [1.165, 1.54) is 11.3 Å². The summed E-state index contributed by atoms with van der Waals surface area (Å²) in [7, 11) is 0. The summed E-state index contributed by atoms with van der Waals surface area (Å²) in [5, 5.41) is 19.0. The van der Waals surface area contributed by atoms with Crippen molar-refractivity contribution in [3.63, 3.8) is 0 Å². The molecule has 0 aromatic heterocycles. The zero-order chi connectivity index (χ0) is 13.1. The van der Waals surface area contributed by atoms with Gasteiger partial charge in [-0.3, -0.25) is 9.59 Å². The molecule has 2 aliphatic rings. The van der Waals surface area contributed by atoms with Crippen LogP contribution in [0.1, 0.15) is 38.5 Å². The second kappa shape index (κ2) is 5.69. The number of rotatable bonds is 3. The smallest absolute Gasteiger partial charge is 0.308 e. The van der Waals surface area contributed by atoms with Gasteiger partial charge in [-0.2, -0.15) is 0 Å². The molecule has 0 spiro atoms. The van der Waals surface area contributed by atoms with Crippen LogP contribution in [0.3, 0.4) is 0 Å². The first-order valence-electron chi connectivity index (χ1n) is 6.79. The molecular formula is C13H21NO4. The van der Waals surface area contributed by atoms with Gasteiger partial charge in [-0.25, -0.2) is 0 Å². The summed E-state index contributed by atoms with van der Waals surface area (Å²) < 4.78 is 0. The van der Waals surface area contributed by atoms with Gasteiger partial charge in [0.2, 0.25) is 0 Å². The number of hydrogen-bond acceptors (Lipinski definition) is 3. The lowest BCUT2D eigenvalue weighted by atomic mass is 9.85. The van der Waals surface area contributed by atoms with E-state index in [1.807, 2.05) is 0 Å². The quantitative estimate of drug-likeness (QED) is 0.784. The van der Waals surface area contributed by atoms with E-state index in [2.05, 4.69) is 0 Å². The summed E-state index contributed by atoms with van der Waals surface area (Å²) in [6.45, 7) is 0.706. The molecule has 0 aromatic carbocycles. The van der Waals surface area contributed by atoms with Gasteiger partial charge in [0.1, 0.15) is 6.10 Å². The van der Waals surface area contributed by atoms with Crippen molar-refractivity contribution in [3.8, 4) is 0 Å². The van der Waals surface area contributed by atoms with Crippen LogP contribution in [-0.4, -0.2) is 46.2 Å². The molecule has 1 aliphatic carbocycles. The van der Waals surface area contributed by atoms with Crippen LogP contribution in [0.25, 0.3) is 0 Å². The monoisotopic (exact) mass is 255 g/mol. The third-order valence-corrected chi connectivity index (χ3v) is 4.20. The molecule has 1 heterocycles. The van der Waals surface area contributed by atoms with Crippen molar-refractivity contribution in [2.75, 3.05) is 13.1 Å². The number of likely N-dealkylation sites (tertiary alicyclic amines) is 1. The molecule has 1 amide bonds. The predicted molar refractivity (Wildman–Crippen MR) is 64.9 cm³/mol. The van der Waals surface area contributed by atoms with Crippen molar-refractivity contribution in [1.29, 1.82) is 0 Å². The van der Waals surface area contributed by atoms with Crippen molar-refractivity contribution in [2.24, 2.45) is 11.8 Å². The molecule has 2 atom stereocenters.